The fraction of sp³-hybridized carbons (Fsp3) is 0.368. The summed E-state index contributed by atoms with van der Waals surface area (Å²) in [5.41, 5.74) is 0.534. The molecule has 28 heavy (non-hydrogen) atoms. The third-order valence-corrected chi connectivity index (χ3v) is 5.36. The first-order valence-electron chi connectivity index (χ1n) is 9.04. The lowest BCUT2D eigenvalue weighted by atomic mass is 10.1. The lowest BCUT2D eigenvalue weighted by molar-refractivity contribution is -0.384. The number of ether oxygens (including phenoxy) is 1. The van der Waals surface area contributed by atoms with E-state index in [0.29, 0.717) is 12.2 Å². The second-order valence-corrected chi connectivity index (χ2v) is 7.47. The SMILES string of the molecule is O=C(COC(=O)c1cc([N+](=O)[O-])ccc1N1CCCCC1)NCc1cccs1. The molecule has 148 valence electrons. The smallest absolute Gasteiger partial charge is 0.341 e. The third-order valence-electron chi connectivity index (χ3n) is 4.48. The maximum Gasteiger partial charge on any atom is 0.341 e. The molecule has 1 saturated heterocycles. The molecule has 0 unspecified atom stereocenters. The molecule has 8 nitrogen and oxygen atoms in total. The third kappa shape index (κ3) is 5.07. The standard InChI is InChI=1S/C19H21N3O5S/c23-18(20-12-15-5-4-10-28-15)13-27-19(24)16-11-14(22(25)26)6-7-17(16)21-8-2-1-3-9-21/h4-7,10-11H,1-3,8-9,12-13H2,(H,20,23). The van der Waals surface area contributed by atoms with Crippen molar-refractivity contribution in [2.75, 3.05) is 24.6 Å². The quantitative estimate of drug-likeness (QED) is 0.433. The van der Waals surface area contributed by atoms with Crippen LogP contribution in [0.2, 0.25) is 0 Å². The molecule has 9 heteroatoms. The van der Waals surface area contributed by atoms with Crippen LogP contribution in [0.25, 0.3) is 0 Å². The second-order valence-electron chi connectivity index (χ2n) is 6.44. The van der Waals surface area contributed by atoms with Crippen molar-refractivity contribution in [2.24, 2.45) is 0 Å². The molecule has 0 spiro atoms. The Morgan fingerprint density at radius 1 is 1.21 bits per heavy atom. The van der Waals surface area contributed by atoms with Crippen molar-refractivity contribution in [3.05, 3.63) is 56.3 Å². The molecular formula is C19H21N3O5S. The van der Waals surface area contributed by atoms with Gasteiger partial charge in [-0.3, -0.25) is 14.9 Å². The van der Waals surface area contributed by atoms with Gasteiger partial charge in [0.1, 0.15) is 0 Å². The number of nitrogens with zero attached hydrogens (tertiary/aromatic N) is 2. The van der Waals surface area contributed by atoms with Crippen molar-refractivity contribution < 1.29 is 19.2 Å². The highest BCUT2D eigenvalue weighted by atomic mass is 32.1. The highest BCUT2D eigenvalue weighted by Gasteiger charge is 2.23. The zero-order valence-corrected chi connectivity index (χ0v) is 16.1. The normalized spacial score (nSPS) is 13.8. The molecule has 0 radical (unpaired) electrons. The average molecular weight is 403 g/mol. The summed E-state index contributed by atoms with van der Waals surface area (Å²) < 4.78 is 5.13. The van der Waals surface area contributed by atoms with E-state index in [9.17, 15) is 19.7 Å². The van der Waals surface area contributed by atoms with Crippen molar-refractivity contribution in [3.63, 3.8) is 0 Å². The van der Waals surface area contributed by atoms with Gasteiger partial charge in [-0.15, -0.1) is 11.3 Å². The van der Waals surface area contributed by atoms with Crippen molar-refractivity contribution >= 4 is 34.6 Å². The van der Waals surface area contributed by atoms with E-state index in [1.165, 1.54) is 23.5 Å². The lowest BCUT2D eigenvalue weighted by Crippen LogP contribution is -2.32. The first-order chi connectivity index (χ1) is 13.5. The van der Waals surface area contributed by atoms with Crippen molar-refractivity contribution in [1.29, 1.82) is 0 Å². The Morgan fingerprint density at radius 2 is 2.00 bits per heavy atom. The number of nitro benzene ring substituents is 1. The van der Waals surface area contributed by atoms with E-state index in [1.54, 1.807) is 6.07 Å². The maximum atomic E-state index is 12.6. The van der Waals surface area contributed by atoms with Crippen molar-refractivity contribution in [3.8, 4) is 0 Å². The number of nitrogens with one attached hydrogen (secondary N) is 1. The van der Waals surface area contributed by atoms with Gasteiger partial charge >= 0.3 is 5.97 Å². The van der Waals surface area contributed by atoms with Gasteiger partial charge in [-0.1, -0.05) is 6.07 Å². The summed E-state index contributed by atoms with van der Waals surface area (Å²) in [5.74, 6) is -1.16. The molecule has 3 rings (SSSR count). The van der Waals surface area contributed by atoms with Crippen LogP contribution in [0.5, 0.6) is 0 Å². The van der Waals surface area contributed by atoms with E-state index in [2.05, 4.69) is 5.32 Å². The van der Waals surface area contributed by atoms with Crippen LogP contribution < -0.4 is 10.2 Å². The number of carbonyl (C=O) groups excluding carboxylic acids is 2. The minimum atomic E-state index is -0.740. The summed E-state index contributed by atoms with van der Waals surface area (Å²) >= 11 is 1.52. The largest absolute Gasteiger partial charge is 0.452 e. The Labute approximate surface area is 166 Å². The fourth-order valence-electron chi connectivity index (χ4n) is 3.07. The zero-order chi connectivity index (χ0) is 19.9. The molecule has 1 amide bonds. The molecule has 0 bridgehead atoms. The summed E-state index contributed by atoms with van der Waals surface area (Å²) in [6, 6.07) is 7.96. The van der Waals surface area contributed by atoms with Gasteiger partial charge in [0.05, 0.1) is 22.7 Å². The molecule has 1 aliphatic heterocycles. The first kappa shape index (κ1) is 19.8. The predicted molar refractivity (Wildman–Crippen MR) is 106 cm³/mol. The molecule has 2 heterocycles. The molecule has 1 aromatic heterocycles. The Morgan fingerprint density at radius 3 is 2.68 bits per heavy atom. The van der Waals surface area contributed by atoms with E-state index in [-0.39, 0.29) is 11.3 Å². The highest BCUT2D eigenvalue weighted by molar-refractivity contribution is 7.09. The number of piperidine rings is 1. The molecule has 1 aliphatic rings. The summed E-state index contributed by atoms with van der Waals surface area (Å²) in [4.78, 5) is 38.1. The summed E-state index contributed by atoms with van der Waals surface area (Å²) in [5, 5.41) is 15.7. The minimum Gasteiger partial charge on any atom is -0.452 e. The number of non-ortho nitro benzene ring substituents is 1. The average Bonchev–Trinajstić information content (AvgIpc) is 3.24. The number of rotatable bonds is 7. The number of benzene rings is 1. The molecule has 2 aromatic rings. The Balaban J connectivity index is 1.67. The highest BCUT2D eigenvalue weighted by Crippen LogP contribution is 2.28. The van der Waals surface area contributed by atoms with E-state index in [4.69, 9.17) is 4.74 Å². The van der Waals surface area contributed by atoms with Gasteiger partial charge in [-0.2, -0.15) is 0 Å². The van der Waals surface area contributed by atoms with E-state index in [1.807, 2.05) is 22.4 Å². The number of hydrogen-bond donors (Lipinski definition) is 1. The van der Waals surface area contributed by atoms with Crippen LogP contribution in [-0.4, -0.2) is 36.5 Å². The van der Waals surface area contributed by atoms with Crippen LogP contribution in [0.3, 0.4) is 0 Å². The molecule has 0 atom stereocenters. The van der Waals surface area contributed by atoms with Gasteiger partial charge in [-0.25, -0.2) is 4.79 Å². The van der Waals surface area contributed by atoms with E-state index in [0.717, 1.165) is 37.2 Å². The molecular weight excluding hydrogens is 382 g/mol. The van der Waals surface area contributed by atoms with Crippen LogP contribution in [0, 0.1) is 10.1 Å². The molecule has 0 saturated carbocycles. The lowest BCUT2D eigenvalue weighted by Gasteiger charge is -2.30. The number of hydrogen-bond acceptors (Lipinski definition) is 7. The number of anilines is 1. The molecule has 0 aliphatic carbocycles. The fourth-order valence-corrected chi connectivity index (χ4v) is 3.71. The van der Waals surface area contributed by atoms with Crippen LogP contribution in [0.4, 0.5) is 11.4 Å². The summed E-state index contributed by atoms with van der Waals surface area (Å²) in [7, 11) is 0. The molecule has 1 fully saturated rings. The van der Waals surface area contributed by atoms with Gasteiger partial charge in [0.2, 0.25) is 0 Å². The second kappa shape index (κ2) is 9.32. The van der Waals surface area contributed by atoms with Crippen LogP contribution in [-0.2, 0) is 16.1 Å². The number of nitro groups is 1. The predicted octanol–water partition coefficient (Wildman–Crippen LogP) is 3.12. The van der Waals surface area contributed by atoms with Crippen molar-refractivity contribution in [1.82, 2.24) is 5.32 Å². The summed E-state index contributed by atoms with van der Waals surface area (Å²) in [6.45, 7) is 1.48. The number of esters is 1. The van der Waals surface area contributed by atoms with Gasteiger partial charge in [0.15, 0.2) is 6.61 Å². The van der Waals surface area contributed by atoms with Gasteiger partial charge < -0.3 is 15.0 Å². The van der Waals surface area contributed by atoms with Gasteiger partial charge in [-0.05, 0) is 36.8 Å². The van der Waals surface area contributed by atoms with Gasteiger partial charge in [0.25, 0.3) is 11.6 Å². The van der Waals surface area contributed by atoms with Crippen LogP contribution in [0.15, 0.2) is 35.7 Å². The Kier molecular flexibility index (Phi) is 6.59. The zero-order valence-electron chi connectivity index (χ0n) is 15.3. The number of amides is 1. The van der Waals surface area contributed by atoms with E-state index < -0.39 is 23.4 Å². The first-order valence-corrected chi connectivity index (χ1v) is 9.92. The molecule has 1 aromatic carbocycles. The Bertz CT molecular complexity index is 847. The Hall–Kier alpha value is -2.94. The minimum absolute atomic E-state index is 0.113. The van der Waals surface area contributed by atoms with Crippen LogP contribution >= 0.6 is 11.3 Å². The summed E-state index contributed by atoms with van der Waals surface area (Å²) in [6.07, 6.45) is 3.11. The maximum absolute atomic E-state index is 12.6. The molecule has 1 N–H and O–H groups in total. The number of thiophene rings is 1. The van der Waals surface area contributed by atoms with Crippen LogP contribution in [0.1, 0.15) is 34.5 Å². The van der Waals surface area contributed by atoms with Crippen molar-refractivity contribution in [2.45, 2.75) is 25.8 Å². The topological polar surface area (TPSA) is 102 Å². The number of carbonyl (C=O) groups is 2. The van der Waals surface area contributed by atoms with Gasteiger partial charge in [0, 0.05) is 30.1 Å². The monoisotopic (exact) mass is 403 g/mol. The van der Waals surface area contributed by atoms with E-state index >= 15 is 0 Å².